The van der Waals surface area contributed by atoms with Crippen molar-refractivity contribution in [3.8, 4) is 0 Å². The Kier molecular flexibility index (Phi) is 4.36. The molecule has 0 bridgehead atoms. The van der Waals surface area contributed by atoms with Gasteiger partial charge in [0.2, 0.25) is 0 Å². The highest BCUT2D eigenvalue weighted by Gasteiger charge is 2.02. The zero-order valence-corrected chi connectivity index (χ0v) is 9.73. The second-order valence-electron chi connectivity index (χ2n) is 3.48. The Morgan fingerprint density at radius 2 is 2.40 bits per heavy atom. The van der Waals surface area contributed by atoms with Crippen LogP contribution in [0.5, 0.6) is 0 Å². The molecule has 4 N–H and O–H groups in total. The summed E-state index contributed by atoms with van der Waals surface area (Å²) in [6, 6.07) is 0.00752. The average Bonchev–Trinajstić information content (AvgIpc) is 2.50. The van der Waals surface area contributed by atoms with Crippen LogP contribution >= 0.6 is 11.3 Å². The number of hydrogen-bond donors (Lipinski definition) is 3. The molecule has 0 atom stereocenters. The smallest absolute Gasteiger partial charge is 0.314 e. The predicted octanol–water partition coefficient (Wildman–Crippen LogP) is 0.975. The molecule has 1 heterocycles. The molecule has 0 aliphatic heterocycles. The van der Waals surface area contributed by atoms with Crippen LogP contribution < -0.4 is 16.4 Å². The van der Waals surface area contributed by atoms with Crippen molar-refractivity contribution in [3.05, 3.63) is 11.1 Å². The molecular formula is C9H16N4OS. The van der Waals surface area contributed by atoms with Crippen LogP contribution in [0.25, 0.3) is 0 Å². The first-order valence-electron chi connectivity index (χ1n) is 4.82. The first-order chi connectivity index (χ1) is 7.08. The van der Waals surface area contributed by atoms with E-state index in [9.17, 15) is 4.79 Å². The zero-order chi connectivity index (χ0) is 11.3. The Balaban J connectivity index is 2.19. The highest BCUT2D eigenvalue weighted by molar-refractivity contribution is 7.13. The maximum atomic E-state index is 11.2. The van der Waals surface area contributed by atoms with E-state index >= 15 is 0 Å². The van der Waals surface area contributed by atoms with E-state index in [2.05, 4.69) is 15.6 Å². The summed E-state index contributed by atoms with van der Waals surface area (Å²) >= 11 is 1.41. The number of nitrogens with two attached hydrogens (primary N) is 1. The Bertz CT molecular complexity index is 324. The van der Waals surface area contributed by atoms with Crippen molar-refractivity contribution in [2.24, 2.45) is 0 Å². The molecule has 1 rings (SSSR count). The Morgan fingerprint density at radius 3 is 2.93 bits per heavy atom. The molecule has 15 heavy (non-hydrogen) atoms. The van der Waals surface area contributed by atoms with E-state index in [1.54, 1.807) is 0 Å². The van der Waals surface area contributed by atoms with Gasteiger partial charge in [-0.25, -0.2) is 9.78 Å². The second kappa shape index (κ2) is 5.55. The van der Waals surface area contributed by atoms with Crippen LogP contribution in [0.2, 0.25) is 0 Å². The minimum atomic E-state index is -0.145. The van der Waals surface area contributed by atoms with Gasteiger partial charge in [-0.15, -0.1) is 11.3 Å². The molecule has 5 nitrogen and oxygen atoms in total. The number of nitrogens with one attached hydrogen (secondary N) is 2. The highest BCUT2D eigenvalue weighted by atomic mass is 32.1. The van der Waals surface area contributed by atoms with Gasteiger partial charge in [-0.05, 0) is 13.8 Å². The van der Waals surface area contributed by atoms with Crippen molar-refractivity contribution in [2.75, 3.05) is 12.3 Å². The zero-order valence-electron chi connectivity index (χ0n) is 8.91. The first-order valence-corrected chi connectivity index (χ1v) is 5.70. The van der Waals surface area contributed by atoms with Gasteiger partial charge in [0, 0.05) is 24.4 Å². The van der Waals surface area contributed by atoms with E-state index in [1.165, 1.54) is 11.3 Å². The maximum absolute atomic E-state index is 11.2. The number of hydrogen-bond acceptors (Lipinski definition) is 4. The molecule has 0 saturated carbocycles. The molecule has 6 heteroatoms. The third kappa shape index (κ3) is 4.64. The van der Waals surface area contributed by atoms with Crippen molar-refractivity contribution >= 4 is 22.5 Å². The lowest BCUT2D eigenvalue weighted by Gasteiger charge is -2.09. The third-order valence-corrected chi connectivity index (χ3v) is 2.38. The monoisotopic (exact) mass is 228 g/mol. The molecule has 0 fully saturated rings. The molecule has 2 amide bonds. The summed E-state index contributed by atoms with van der Waals surface area (Å²) in [7, 11) is 0. The van der Waals surface area contributed by atoms with Crippen LogP contribution in [0.3, 0.4) is 0 Å². The molecule has 0 spiro atoms. The van der Waals surface area contributed by atoms with Gasteiger partial charge in [-0.1, -0.05) is 0 Å². The van der Waals surface area contributed by atoms with Crippen molar-refractivity contribution in [2.45, 2.75) is 26.3 Å². The summed E-state index contributed by atoms with van der Waals surface area (Å²) in [4.78, 5) is 15.3. The predicted molar refractivity (Wildman–Crippen MR) is 61.9 cm³/mol. The normalized spacial score (nSPS) is 10.3. The number of urea groups is 1. The molecule has 0 saturated heterocycles. The van der Waals surface area contributed by atoms with Crippen molar-refractivity contribution in [1.82, 2.24) is 15.6 Å². The molecule has 0 radical (unpaired) electrons. The minimum absolute atomic E-state index is 0.145. The van der Waals surface area contributed by atoms with Gasteiger partial charge in [-0.2, -0.15) is 0 Å². The van der Waals surface area contributed by atoms with Gasteiger partial charge in [0.25, 0.3) is 0 Å². The first kappa shape index (κ1) is 11.8. The van der Waals surface area contributed by atoms with E-state index in [1.807, 2.05) is 19.2 Å². The Labute approximate surface area is 93.1 Å². The molecule has 0 unspecified atom stereocenters. The van der Waals surface area contributed by atoms with Crippen molar-refractivity contribution in [1.29, 1.82) is 0 Å². The Hall–Kier alpha value is -1.30. The minimum Gasteiger partial charge on any atom is -0.375 e. The summed E-state index contributed by atoms with van der Waals surface area (Å²) in [5, 5.41) is 7.95. The number of nitrogen functional groups attached to an aromatic ring is 1. The lowest BCUT2D eigenvalue weighted by molar-refractivity contribution is 0.238. The van der Waals surface area contributed by atoms with Gasteiger partial charge >= 0.3 is 6.03 Å². The standard InChI is InChI=1S/C9H16N4OS/c1-6(2)12-9(14)11-4-3-7-5-15-8(10)13-7/h5-6H,3-4H2,1-2H3,(H2,10,13)(H2,11,12,14). The average molecular weight is 228 g/mol. The summed E-state index contributed by atoms with van der Waals surface area (Å²) < 4.78 is 0. The van der Waals surface area contributed by atoms with Crippen LogP contribution in [0.1, 0.15) is 19.5 Å². The fourth-order valence-electron chi connectivity index (χ4n) is 1.05. The maximum Gasteiger partial charge on any atom is 0.314 e. The van der Waals surface area contributed by atoms with Gasteiger partial charge in [0.1, 0.15) is 0 Å². The second-order valence-corrected chi connectivity index (χ2v) is 4.37. The van der Waals surface area contributed by atoms with Crippen molar-refractivity contribution in [3.63, 3.8) is 0 Å². The van der Waals surface area contributed by atoms with E-state index in [4.69, 9.17) is 5.73 Å². The third-order valence-electron chi connectivity index (χ3n) is 1.66. The number of nitrogens with zero attached hydrogens (tertiary/aromatic N) is 1. The van der Waals surface area contributed by atoms with E-state index in [0.717, 1.165) is 5.69 Å². The SMILES string of the molecule is CC(C)NC(=O)NCCc1csc(N)n1. The summed E-state index contributed by atoms with van der Waals surface area (Å²) in [5.41, 5.74) is 6.40. The van der Waals surface area contributed by atoms with Gasteiger partial charge in [-0.3, -0.25) is 0 Å². The van der Waals surface area contributed by atoms with Crippen molar-refractivity contribution < 1.29 is 4.79 Å². The van der Waals surface area contributed by atoms with Crippen LogP contribution in [-0.4, -0.2) is 23.6 Å². The van der Waals surface area contributed by atoms with Gasteiger partial charge in [0.05, 0.1) is 5.69 Å². The summed E-state index contributed by atoms with van der Waals surface area (Å²) in [6.45, 7) is 4.41. The largest absolute Gasteiger partial charge is 0.375 e. The molecule has 0 aromatic carbocycles. The number of aromatic nitrogens is 1. The number of rotatable bonds is 4. The fraction of sp³-hybridized carbons (Fsp3) is 0.556. The van der Waals surface area contributed by atoms with E-state index in [-0.39, 0.29) is 12.1 Å². The number of amides is 2. The van der Waals surface area contributed by atoms with Crippen LogP contribution in [0.15, 0.2) is 5.38 Å². The van der Waals surface area contributed by atoms with E-state index in [0.29, 0.717) is 18.1 Å². The summed E-state index contributed by atoms with van der Waals surface area (Å²) in [5.74, 6) is 0. The van der Waals surface area contributed by atoms with E-state index < -0.39 is 0 Å². The fourth-order valence-corrected chi connectivity index (χ4v) is 1.65. The van der Waals surface area contributed by atoms with Gasteiger partial charge < -0.3 is 16.4 Å². The highest BCUT2D eigenvalue weighted by Crippen LogP contribution is 2.10. The van der Waals surface area contributed by atoms with Crippen LogP contribution in [0, 0.1) is 0 Å². The van der Waals surface area contributed by atoms with Crippen LogP contribution in [-0.2, 0) is 6.42 Å². The number of carbonyl (C=O) groups excluding carboxylic acids is 1. The summed E-state index contributed by atoms with van der Waals surface area (Å²) in [6.07, 6.45) is 0.708. The van der Waals surface area contributed by atoms with Gasteiger partial charge in [0.15, 0.2) is 5.13 Å². The molecule has 84 valence electrons. The number of anilines is 1. The lowest BCUT2D eigenvalue weighted by Crippen LogP contribution is -2.40. The molecule has 1 aromatic heterocycles. The lowest BCUT2D eigenvalue weighted by atomic mass is 10.3. The number of carbonyl (C=O) groups is 1. The Morgan fingerprint density at radius 1 is 1.67 bits per heavy atom. The molecule has 0 aliphatic rings. The quantitative estimate of drug-likeness (QED) is 0.718. The molecule has 0 aliphatic carbocycles. The topological polar surface area (TPSA) is 80.0 Å². The van der Waals surface area contributed by atoms with Crippen LogP contribution in [0.4, 0.5) is 9.93 Å². The number of thiazole rings is 1. The molecular weight excluding hydrogens is 212 g/mol. The molecule has 1 aromatic rings.